The first-order valence-electron chi connectivity index (χ1n) is 16.0. The third-order valence-electron chi connectivity index (χ3n) is 8.59. The number of ether oxygens (including phenoxy) is 3. The number of aldehydes is 1. The molecular formula is C40H42N2O6S. The molecule has 4 aromatic carbocycles. The Kier molecular flexibility index (Phi) is 10.1. The number of aliphatic hydroxyl groups is 1. The van der Waals surface area contributed by atoms with E-state index in [9.17, 15) is 14.7 Å². The Balaban J connectivity index is 0.000000330. The van der Waals surface area contributed by atoms with Crippen LogP contribution in [-0.2, 0) is 32.6 Å². The summed E-state index contributed by atoms with van der Waals surface area (Å²) in [5.74, 6) is -1.68. The summed E-state index contributed by atoms with van der Waals surface area (Å²) in [5.41, 5.74) is 7.46. The lowest BCUT2D eigenvalue weighted by molar-refractivity contribution is -0.185. The van der Waals surface area contributed by atoms with Crippen LogP contribution in [0.1, 0.15) is 79.7 Å². The van der Waals surface area contributed by atoms with Crippen LogP contribution in [0.15, 0.2) is 90.5 Å². The molecule has 0 saturated carbocycles. The minimum absolute atomic E-state index is 0.00671. The monoisotopic (exact) mass is 678 g/mol. The molecule has 0 spiro atoms. The van der Waals surface area contributed by atoms with Crippen molar-refractivity contribution in [3.8, 4) is 11.5 Å². The molecule has 1 atom stereocenters. The lowest BCUT2D eigenvalue weighted by atomic mass is 9.84. The number of nitrogens with zero attached hydrogens (tertiary/aromatic N) is 2. The molecule has 0 aliphatic carbocycles. The summed E-state index contributed by atoms with van der Waals surface area (Å²) in [6.45, 7) is 12.9. The SMILES string of the molecule is CC(C)(C)c1ccc(C=O)cc1.COc1ccc(C2(O)OC(=O)C(c3ccc4nsnc4c3)=C2Cc2ccc(C(C)(C)C)cc2)cc1OC. The predicted molar refractivity (Wildman–Crippen MR) is 193 cm³/mol. The first-order valence-corrected chi connectivity index (χ1v) is 16.7. The van der Waals surface area contributed by atoms with Gasteiger partial charge in [-0.3, -0.25) is 4.79 Å². The van der Waals surface area contributed by atoms with Gasteiger partial charge >= 0.3 is 5.97 Å². The Morgan fingerprint density at radius 3 is 1.94 bits per heavy atom. The molecule has 2 heterocycles. The van der Waals surface area contributed by atoms with Crippen molar-refractivity contribution in [1.82, 2.24) is 8.75 Å². The average molecular weight is 679 g/mol. The maximum Gasteiger partial charge on any atom is 0.342 e. The van der Waals surface area contributed by atoms with Crippen molar-refractivity contribution in [2.75, 3.05) is 14.2 Å². The molecule has 0 bridgehead atoms. The van der Waals surface area contributed by atoms with Gasteiger partial charge in [0.05, 0.1) is 31.5 Å². The second kappa shape index (κ2) is 13.9. The fourth-order valence-electron chi connectivity index (χ4n) is 5.65. The molecule has 6 rings (SSSR count). The van der Waals surface area contributed by atoms with Crippen molar-refractivity contribution in [2.45, 2.75) is 64.6 Å². The smallest absolute Gasteiger partial charge is 0.342 e. The quantitative estimate of drug-likeness (QED) is 0.136. The van der Waals surface area contributed by atoms with Gasteiger partial charge in [0, 0.05) is 23.1 Å². The van der Waals surface area contributed by atoms with E-state index in [0.29, 0.717) is 45.7 Å². The van der Waals surface area contributed by atoms with Crippen LogP contribution >= 0.6 is 11.7 Å². The number of cyclic esters (lactones) is 1. The van der Waals surface area contributed by atoms with Crippen LogP contribution in [0.25, 0.3) is 16.6 Å². The van der Waals surface area contributed by atoms with Gasteiger partial charge in [-0.05, 0) is 63.4 Å². The minimum Gasteiger partial charge on any atom is -0.493 e. The van der Waals surface area contributed by atoms with Crippen LogP contribution in [-0.4, -0.2) is 40.3 Å². The van der Waals surface area contributed by atoms with Crippen molar-refractivity contribution >= 4 is 40.6 Å². The van der Waals surface area contributed by atoms with E-state index in [2.05, 4.69) is 62.4 Å². The molecular weight excluding hydrogens is 637 g/mol. The van der Waals surface area contributed by atoms with E-state index >= 15 is 0 Å². The first kappa shape index (κ1) is 35.4. The summed E-state index contributed by atoms with van der Waals surface area (Å²) >= 11 is 1.11. The molecule has 1 aliphatic heterocycles. The number of benzene rings is 4. The number of rotatable bonds is 7. The van der Waals surface area contributed by atoms with E-state index in [-0.39, 0.29) is 10.8 Å². The number of methoxy groups -OCH3 is 2. The molecule has 1 aliphatic rings. The number of carbonyl (C=O) groups excluding carboxylic acids is 2. The highest BCUT2D eigenvalue weighted by Gasteiger charge is 2.48. The molecule has 1 aromatic heterocycles. The summed E-state index contributed by atoms with van der Waals surface area (Å²) in [6, 6.07) is 26.3. The topological polar surface area (TPSA) is 108 Å². The summed E-state index contributed by atoms with van der Waals surface area (Å²) in [4.78, 5) is 23.7. The minimum atomic E-state index is -2.00. The highest BCUT2D eigenvalue weighted by Crippen LogP contribution is 2.46. The van der Waals surface area contributed by atoms with Gasteiger partial charge < -0.3 is 19.3 Å². The molecule has 0 saturated heterocycles. The Labute approximate surface area is 291 Å². The highest BCUT2D eigenvalue weighted by atomic mass is 32.1. The number of hydrogen-bond donors (Lipinski definition) is 1. The van der Waals surface area contributed by atoms with Crippen molar-refractivity contribution in [3.05, 3.63) is 124 Å². The predicted octanol–water partition coefficient (Wildman–Crippen LogP) is 8.20. The van der Waals surface area contributed by atoms with Crippen molar-refractivity contribution in [2.24, 2.45) is 0 Å². The summed E-state index contributed by atoms with van der Waals surface area (Å²) < 4.78 is 25.1. The van der Waals surface area contributed by atoms with Crippen LogP contribution in [0.3, 0.4) is 0 Å². The van der Waals surface area contributed by atoms with Crippen LogP contribution < -0.4 is 9.47 Å². The number of carbonyl (C=O) groups is 2. The van der Waals surface area contributed by atoms with Gasteiger partial charge in [-0.2, -0.15) is 8.75 Å². The van der Waals surface area contributed by atoms with Crippen LogP contribution in [0.4, 0.5) is 0 Å². The number of esters is 1. The number of fused-ring (bicyclic) bond motifs is 1. The van der Waals surface area contributed by atoms with E-state index in [1.54, 1.807) is 24.3 Å². The largest absolute Gasteiger partial charge is 0.493 e. The molecule has 0 amide bonds. The molecule has 9 heteroatoms. The van der Waals surface area contributed by atoms with Crippen molar-refractivity contribution in [1.29, 1.82) is 0 Å². The normalized spacial score (nSPS) is 16.2. The summed E-state index contributed by atoms with van der Waals surface area (Å²) in [5, 5.41) is 12.0. The molecule has 8 nitrogen and oxygen atoms in total. The van der Waals surface area contributed by atoms with Crippen LogP contribution in [0, 0.1) is 0 Å². The van der Waals surface area contributed by atoms with E-state index in [1.165, 1.54) is 25.3 Å². The molecule has 0 fully saturated rings. The number of aromatic nitrogens is 2. The van der Waals surface area contributed by atoms with Crippen molar-refractivity contribution in [3.63, 3.8) is 0 Å². The Bertz CT molecular complexity index is 2000. The Hall–Kier alpha value is -4.86. The molecule has 0 radical (unpaired) electrons. The lowest BCUT2D eigenvalue weighted by Crippen LogP contribution is -2.30. The maximum absolute atomic E-state index is 13.4. The second-order valence-electron chi connectivity index (χ2n) is 14.0. The third kappa shape index (κ3) is 7.58. The maximum atomic E-state index is 13.4. The van der Waals surface area contributed by atoms with Crippen LogP contribution in [0.5, 0.6) is 11.5 Å². The van der Waals surface area contributed by atoms with Gasteiger partial charge in [0.25, 0.3) is 5.79 Å². The summed E-state index contributed by atoms with van der Waals surface area (Å²) in [6.07, 6.45) is 1.16. The van der Waals surface area contributed by atoms with Gasteiger partial charge in [0.1, 0.15) is 17.3 Å². The summed E-state index contributed by atoms with van der Waals surface area (Å²) in [7, 11) is 3.05. The molecule has 1 N–H and O–H groups in total. The zero-order valence-corrected chi connectivity index (χ0v) is 30.0. The number of hydrogen-bond acceptors (Lipinski definition) is 9. The fourth-order valence-corrected chi connectivity index (χ4v) is 6.16. The fraction of sp³-hybridized carbons (Fsp3) is 0.300. The molecule has 254 valence electrons. The Morgan fingerprint density at radius 2 is 1.37 bits per heavy atom. The first-order chi connectivity index (χ1) is 23.2. The Morgan fingerprint density at radius 1 is 0.776 bits per heavy atom. The molecule has 5 aromatic rings. The van der Waals surface area contributed by atoms with Crippen LogP contribution in [0.2, 0.25) is 0 Å². The van der Waals surface area contributed by atoms with E-state index < -0.39 is 11.8 Å². The van der Waals surface area contributed by atoms with Gasteiger partial charge in [-0.15, -0.1) is 0 Å². The lowest BCUT2D eigenvalue weighted by Gasteiger charge is -2.26. The molecule has 49 heavy (non-hydrogen) atoms. The second-order valence-corrected chi connectivity index (χ2v) is 14.6. The van der Waals surface area contributed by atoms with E-state index in [4.69, 9.17) is 14.2 Å². The van der Waals surface area contributed by atoms with Crippen molar-refractivity contribution < 1.29 is 28.9 Å². The van der Waals surface area contributed by atoms with Gasteiger partial charge in [0.15, 0.2) is 11.5 Å². The van der Waals surface area contributed by atoms with Gasteiger partial charge in [0.2, 0.25) is 0 Å². The zero-order valence-electron chi connectivity index (χ0n) is 29.2. The van der Waals surface area contributed by atoms with E-state index in [1.807, 2.05) is 48.5 Å². The molecule has 1 unspecified atom stereocenters. The average Bonchev–Trinajstić information content (AvgIpc) is 3.65. The highest BCUT2D eigenvalue weighted by molar-refractivity contribution is 7.00. The van der Waals surface area contributed by atoms with E-state index in [0.717, 1.165) is 34.7 Å². The standard InChI is InChI=1S/C29H28N2O5S.C11H14O/c1-28(2,3)19-9-6-17(7-10-19)14-21-26(18-8-12-22-23(15-18)31-37-30-22)27(32)36-29(21,33)20-11-13-24(34-4)25(16-20)35-5;1-11(2,3)10-6-4-9(8-12)5-7-10/h6-13,15-16,33H,14H2,1-5H3;4-8H,1-3H3. The van der Waals surface area contributed by atoms with Gasteiger partial charge in [-0.1, -0.05) is 96.1 Å². The van der Waals surface area contributed by atoms with Gasteiger partial charge in [-0.25, -0.2) is 4.79 Å². The zero-order chi connectivity index (χ0) is 35.6. The third-order valence-corrected chi connectivity index (χ3v) is 9.14.